The molecule has 0 aliphatic heterocycles. The topological polar surface area (TPSA) is 70.7 Å². The third-order valence-corrected chi connectivity index (χ3v) is 3.46. The number of aromatic nitrogens is 3. The second-order valence-corrected chi connectivity index (χ2v) is 5.22. The summed E-state index contributed by atoms with van der Waals surface area (Å²) in [4.78, 5) is 15.9. The summed E-state index contributed by atoms with van der Waals surface area (Å²) < 4.78 is 0. The van der Waals surface area contributed by atoms with Gasteiger partial charge in [0.15, 0.2) is 0 Å². The molecule has 1 aromatic carbocycles. The molecule has 0 aliphatic rings. The number of nitrogens with zero attached hydrogens (tertiary/aromatic N) is 2. The number of carbonyl (C=O) groups is 1. The lowest BCUT2D eigenvalue weighted by Gasteiger charge is -2.08. The summed E-state index contributed by atoms with van der Waals surface area (Å²) in [5.74, 6) is -0.231. The second kappa shape index (κ2) is 5.44. The summed E-state index contributed by atoms with van der Waals surface area (Å²) in [6, 6.07) is 7.85. The maximum atomic E-state index is 11.5. The molecule has 0 unspecified atom stereocenters. The van der Waals surface area contributed by atoms with Gasteiger partial charge in [0.1, 0.15) is 5.52 Å². The van der Waals surface area contributed by atoms with Crippen LogP contribution in [0.25, 0.3) is 22.2 Å². The van der Waals surface area contributed by atoms with E-state index in [0.717, 1.165) is 39.1 Å². The maximum absolute atomic E-state index is 11.5. The van der Waals surface area contributed by atoms with Crippen LogP contribution in [0.4, 0.5) is 5.69 Å². The maximum Gasteiger partial charge on any atom is 0.247 e. The lowest BCUT2D eigenvalue weighted by atomic mass is 10.1. The van der Waals surface area contributed by atoms with Crippen molar-refractivity contribution in [1.29, 1.82) is 0 Å². The number of benzene rings is 1. The van der Waals surface area contributed by atoms with Crippen LogP contribution >= 0.6 is 0 Å². The summed E-state index contributed by atoms with van der Waals surface area (Å²) in [6.07, 6.45) is 3.00. The Kier molecular flexibility index (Phi) is 3.47. The molecule has 0 saturated carbocycles. The van der Waals surface area contributed by atoms with E-state index in [9.17, 15) is 4.79 Å². The fourth-order valence-corrected chi connectivity index (χ4v) is 2.40. The first-order valence-corrected chi connectivity index (χ1v) is 6.93. The molecule has 0 spiro atoms. The van der Waals surface area contributed by atoms with E-state index in [1.807, 2.05) is 38.1 Å². The molecule has 0 atom stereocenters. The molecule has 110 valence electrons. The van der Waals surface area contributed by atoms with Crippen LogP contribution in [0.5, 0.6) is 0 Å². The summed E-state index contributed by atoms with van der Waals surface area (Å²) in [7, 11) is 0. The molecule has 1 amide bonds. The zero-order chi connectivity index (χ0) is 15.7. The van der Waals surface area contributed by atoms with E-state index < -0.39 is 0 Å². The molecule has 0 bridgehead atoms. The van der Waals surface area contributed by atoms with Crippen LogP contribution in [0.2, 0.25) is 0 Å². The van der Waals surface area contributed by atoms with Gasteiger partial charge >= 0.3 is 0 Å². The number of aryl methyl sites for hydroxylation is 2. The van der Waals surface area contributed by atoms with Crippen molar-refractivity contribution in [3.8, 4) is 11.3 Å². The molecule has 3 rings (SSSR count). The van der Waals surface area contributed by atoms with E-state index in [-0.39, 0.29) is 5.91 Å². The number of carbonyl (C=O) groups excluding carboxylic acids is 1. The molecule has 2 heterocycles. The standard InChI is InChI=1S/C17H16N4O/c1-4-17(22)19-13-6-10(2)5-12(7-13)15-8-14-11(3)20-21-16(14)9-18-15/h4-9H,1H2,2-3H3,(H,19,22)(H,20,21). The summed E-state index contributed by atoms with van der Waals surface area (Å²) in [5, 5.41) is 11.0. The number of pyridine rings is 1. The lowest BCUT2D eigenvalue weighted by molar-refractivity contribution is -0.111. The van der Waals surface area contributed by atoms with Crippen LogP contribution in [-0.2, 0) is 4.79 Å². The van der Waals surface area contributed by atoms with Crippen molar-refractivity contribution >= 4 is 22.5 Å². The molecule has 5 heteroatoms. The first kappa shape index (κ1) is 14.0. The second-order valence-electron chi connectivity index (χ2n) is 5.22. The number of hydrogen-bond acceptors (Lipinski definition) is 3. The average molecular weight is 292 g/mol. The zero-order valence-electron chi connectivity index (χ0n) is 12.5. The first-order valence-electron chi connectivity index (χ1n) is 6.93. The van der Waals surface area contributed by atoms with Gasteiger partial charge in [-0.2, -0.15) is 5.10 Å². The minimum Gasteiger partial charge on any atom is -0.322 e. The van der Waals surface area contributed by atoms with Gasteiger partial charge in [-0.15, -0.1) is 0 Å². The first-order chi connectivity index (χ1) is 10.6. The van der Waals surface area contributed by atoms with Crippen molar-refractivity contribution in [2.75, 3.05) is 5.32 Å². The van der Waals surface area contributed by atoms with E-state index >= 15 is 0 Å². The highest BCUT2D eigenvalue weighted by Crippen LogP contribution is 2.26. The van der Waals surface area contributed by atoms with Crippen LogP contribution in [0, 0.1) is 13.8 Å². The number of anilines is 1. The Balaban J connectivity index is 2.07. The van der Waals surface area contributed by atoms with Gasteiger partial charge in [0.05, 0.1) is 11.9 Å². The minimum absolute atomic E-state index is 0.231. The molecule has 0 aliphatic carbocycles. The van der Waals surface area contributed by atoms with E-state index in [1.54, 1.807) is 6.20 Å². The number of aromatic amines is 1. The number of rotatable bonds is 3. The van der Waals surface area contributed by atoms with E-state index in [0.29, 0.717) is 0 Å². The summed E-state index contributed by atoms with van der Waals surface area (Å²) in [6.45, 7) is 7.42. The van der Waals surface area contributed by atoms with Crippen LogP contribution in [0.3, 0.4) is 0 Å². The fourth-order valence-electron chi connectivity index (χ4n) is 2.40. The van der Waals surface area contributed by atoms with Crippen molar-refractivity contribution in [3.05, 3.63) is 54.4 Å². The van der Waals surface area contributed by atoms with Crippen molar-refractivity contribution in [2.24, 2.45) is 0 Å². The molecular formula is C17H16N4O. The Morgan fingerprint density at radius 1 is 1.27 bits per heavy atom. The van der Waals surface area contributed by atoms with Gasteiger partial charge in [0.25, 0.3) is 0 Å². The molecule has 0 saturated heterocycles. The Morgan fingerprint density at radius 3 is 2.86 bits per heavy atom. The summed E-state index contributed by atoms with van der Waals surface area (Å²) in [5.41, 5.74) is 5.41. The zero-order valence-corrected chi connectivity index (χ0v) is 12.5. The van der Waals surface area contributed by atoms with Gasteiger partial charge in [-0.3, -0.25) is 14.9 Å². The van der Waals surface area contributed by atoms with Crippen molar-refractivity contribution in [2.45, 2.75) is 13.8 Å². The quantitative estimate of drug-likeness (QED) is 0.727. The molecule has 5 nitrogen and oxygen atoms in total. The molecular weight excluding hydrogens is 276 g/mol. The van der Waals surface area contributed by atoms with Gasteiger partial charge < -0.3 is 5.32 Å². The largest absolute Gasteiger partial charge is 0.322 e. The van der Waals surface area contributed by atoms with E-state index in [1.165, 1.54) is 6.08 Å². The number of amides is 1. The monoisotopic (exact) mass is 292 g/mol. The van der Waals surface area contributed by atoms with E-state index in [4.69, 9.17) is 0 Å². The van der Waals surface area contributed by atoms with Crippen LogP contribution in [0.15, 0.2) is 43.1 Å². The highest BCUT2D eigenvalue weighted by atomic mass is 16.1. The Hall–Kier alpha value is -2.95. The molecule has 22 heavy (non-hydrogen) atoms. The molecule has 2 N–H and O–H groups in total. The van der Waals surface area contributed by atoms with Crippen LogP contribution < -0.4 is 5.32 Å². The highest BCUT2D eigenvalue weighted by molar-refractivity contribution is 5.99. The highest BCUT2D eigenvalue weighted by Gasteiger charge is 2.08. The van der Waals surface area contributed by atoms with Gasteiger partial charge in [-0.05, 0) is 49.8 Å². The Morgan fingerprint density at radius 2 is 2.09 bits per heavy atom. The minimum atomic E-state index is -0.231. The Labute approximate surface area is 128 Å². The fraction of sp³-hybridized carbons (Fsp3) is 0.118. The molecule has 3 aromatic rings. The predicted octanol–water partition coefficient (Wildman–Crippen LogP) is 3.37. The van der Waals surface area contributed by atoms with Gasteiger partial charge in [-0.25, -0.2) is 0 Å². The van der Waals surface area contributed by atoms with Crippen LogP contribution in [0.1, 0.15) is 11.3 Å². The number of H-pyrrole nitrogens is 1. The third-order valence-electron chi connectivity index (χ3n) is 3.46. The molecule has 0 radical (unpaired) electrons. The third kappa shape index (κ3) is 2.61. The molecule has 2 aromatic heterocycles. The smallest absolute Gasteiger partial charge is 0.247 e. The van der Waals surface area contributed by atoms with Gasteiger partial charge in [0.2, 0.25) is 5.91 Å². The van der Waals surface area contributed by atoms with Gasteiger partial charge in [0, 0.05) is 22.3 Å². The summed E-state index contributed by atoms with van der Waals surface area (Å²) >= 11 is 0. The normalized spacial score (nSPS) is 10.6. The SMILES string of the molecule is C=CC(=O)Nc1cc(C)cc(-c2cc3c(C)[nH]nc3cn2)c1. The van der Waals surface area contributed by atoms with Crippen molar-refractivity contribution in [1.82, 2.24) is 15.2 Å². The van der Waals surface area contributed by atoms with Crippen molar-refractivity contribution < 1.29 is 4.79 Å². The lowest BCUT2D eigenvalue weighted by Crippen LogP contribution is -2.07. The Bertz CT molecular complexity index is 879. The average Bonchev–Trinajstić information content (AvgIpc) is 2.87. The van der Waals surface area contributed by atoms with Crippen molar-refractivity contribution in [3.63, 3.8) is 0 Å². The van der Waals surface area contributed by atoms with Gasteiger partial charge in [-0.1, -0.05) is 6.58 Å². The van der Waals surface area contributed by atoms with E-state index in [2.05, 4.69) is 27.1 Å². The molecule has 0 fully saturated rings. The van der Waals surface area contributed by atoms with Crippen LogP contribution in [-0.4, -0.2) is 21.1 Å². The number of hydrogen-bond donors (Lipinski definition) is 2. The number of fused-ring (bicyclic) bond motifs is 1. The number of nitrogens with one attached hydrogen (secondary N) is 2. The predicted molar refractivity (Wildman–Crippen MR) is 87.6 cm³/mol.